The van der Waals surface area contributed by atoms with E-state index in [4.69, 9.17) is 10.3 Å². The number of carbonyl (C=O) groups excluding carboxylic acids is 2. The number of rotatable bonds is 4. The molecule has 0 spiro atoms. The van der Waals surface area contributed by atoms with Gasteiger partial charge in [0.1, 0.15) is 6.10 Å². The summed E-state index contributed by atoms with van der Waals surface area (Å²) in [5.74, 6) is -0.193. The van der Waals surface area contributed by atoms with E-state index in [0.29, 0.717) is 17.8 Å². The summed E-state index contributed by atoms with van der Waals surface area (Å²) in [4.78, 5) is 25.7. The Hall–Kier alpha value is -1.48. The van der Waals surface area contributed by atoms with Crippen LogP contribution in [0.4, 0.5) is 0 Å². The highest BCUT2D eigenvalue weighted by Gasteiger charge is 2.37. The maximum Gasteiger partial charge on any atom is 0.441 e. The highest BCUT2D eigenvalue weighted by Crippen LogP contribution is 2.35. The third-order valence-electron chi connectivity index (χ3n) is 3.85. The fourth-order valence-corrected chi connectivity index (χ4v) is 2.70. The molecule has 1 aliphatic rings. The molecule has 0 aromatic heterocycles. The van der Waals surface area contributed by atoms with E-state index in [9.17, 15) is 9.59 Å². The number of esters is 1. The van der Waals surface area contributed by atoms with Crippen LogP contribution in [-0.2, 0) is 14.3 Å². The first-order valence-electron chi connectivity index (χ1n) is 6.80. The van der Waals surface area contributed by atoms with Crippen LogP contribution in [0.1, 0.15) is 47.0 Å². The van der Waals surface area contributed by atoms with Gasteiger partial charge >= 0.3 is 11.7 Å². The van der Waals surface area contributed by atoms with E-state index in [1.165, 1.54) is 6.92 Å². The van der Waals surface area contributed by atoms with Crippen molar-refractivity contribution in [1.29, 1.82) is 0 Å². The number of carbonyl (C=O) groups is 2. The zero-order valence-corrected chi connectivity index (χ0v) is 12.0. The van der Waals surface area contributed by atoms with Gasteiger partial charge in [0.2, 0.25) is 5.78 Å². The standard InChI is InChI=1S/C14H22N2O3/c1-8(2)11-6-5-9(3)7-12(11)19-14(18)13(16-15)10(4)17/h8-9,11-12H,5-7H2,1-4H3. The van der Waals surface area contributed by atoms with Crippen molar-refractivity contribution in [3.63, 3.8) is 0 Å². The monoisotopic (exact) mass is 266 g/mol. The molecule has 1 aliphatic carbocycles. The van der Waals surface area contributed by atoms with Crippen LogP contribution in [0, 0.1) is 17.8 Å². The zero-order valence-electron chi connectivity index (χ0n) is 12.0. The van der Waals surface area contributed by atoms with Crippen LogP contribution in [0.2, 0.25) is 0 Å². The summed E-state index contributed by atoms with van der Waals surface area (Å²) >= 11 is 0. The van der Waals surface area contributed by atoms with Crippen LogP contribution in [0.25, 0.3) is 5.53 Å². The summed E-state index contributed by atoms with van der Waals surface area (Å²) in [7, 11) is 0. The van der Waals surface area contributed by atoms with Crippen molar-refractivity contribution in [2.24, 2.45) is 17.8 Å². The van der Waals surface area contributed by atoms with Gasteiger partial charge in [-0.1, -0.05) is 27.2 Å². The topological polar surface area (TPSA) is 79.8 Å². The largest absolute Gasteiger partial charge is 0.453 e. The molecule has 0 aromatic rings. The molecule has 0 amide bonds. The summed E-state index contributed by atoms with van der Waals surface area (Å²) in [6.45, 7) is 7.52. The molecule has 19 heavy (non-hydrogen) atoms. The highest BCUT2D eigenvalue weighted by molar-refractivity contribution is 6.61. The molecule has 0 N–H and O–H groups in total. The van der Waals surface area contributed by atoms with Gasteiger partial charge in [-0.2, -0.15) is 4.79 Å². The molecule has 106 valence electrons. The molecule has 3 unspecified atom stereocenters. The summed E-state index contributed by atoms with van der Waals surface area (Å²) in [5, 5.41) is 0. The van der Waals surface area contributed by atoms with Gasteiger partial charge in [0.05, 0.1) is 0 Å². The molecule has 0 bridgehead atoms. The summed E-state index contributed by atoms with van der Waals surface area (Å²) in [6, 6.07) is 0. The molecular weight excluding hydrogens is 244 g/mol. The highest BCUT2D eigenvalue weighted by atomic mass is 16.5. The van der Waals surface area contributed by atoms with Gasteiger partial charge in [0.15, 0.2) is 0 Å². The molecule has 0 aromatic carbocycles. The van der Waals surface area contributed by atoms with Crippen LogP contribution in [0.5, 0.6) is 0 Å². The fraction of sp³-hybridized carbons (Fsp3) is 0.786. The molecule has 5 heteroatoms. The van der Waals surface area contributed by atoms with Gasteiger partial charge in [0.25, 0.3) is 0 Å². The molecular formula is C14H22N2O3. The molecule has 0 aliphatic heterocycles. The molecule has 1 fully saturated rings. The quantitative estimate of drug-likeness (QED) is 0.257. The van der Waals surface area contributed by atoms with E-state index in [1.807, 2.05) is 0 Å². The molecule has 0 heterocycles. The van der Waals surface area contributed by atoms with Crippen LogP contribution in [0.3, 0.4) is 0 Å². The first kappa shape index (κ1) is 15.6. The first-order chi connectivity index (χ1) is 8.86. The molecule has 1 saturated carbocycles. The van der Waals surface area contributed by atoms with Crippen molar-refractivity contribution in [2.75, 3.05) is 0 Å². The summed E-state index contributed by atoms with van der Waals surface area (Å²) < 4.78 is 5.40. The van der Waals surface area contributed by atoms with Gasteiger partial charge < -0.3 is 10.3 Å². The van der Waals surface area contributed by atoms with Crippen molar-refractivity contribution in [2.45, 2.75) is 53.1 Å². The van der Waals surface area contributed by atoms with E-state index in [2.05, 4.69) is 25.6 Å². The maximum absolute atomic E-state index is 11.8. The molecule has 0 saturated heterocycles. The Labute approximate surface area is 113 Å². The van der Waals surface area contributed by atoms with Crippen molar-refractivity contribution in [3.8, 4) is 0 Å². The number of ether oxygens (including phenoxy) is 1. The predicted octanol–water partition coefficient (Wildman–Crippen LogP) is 2.25. The molecule has 5 nitrogen and oxygen atoms in total. The van der Waals surface area contributed by atoms with Crippen LogP contribution >= 0.6 is 0 Å². The fourth-order valence-electron chi connectivity index (χ4n) is 2.70. The van der Waals surface area contributed by atoms with E-state index < -0.39 is 17.5 Å². The average molecular weight is 266 g/mol. The number of ketones is 1. The Kier molecular flexibility index (Phi) is 5.43. The zero-order chi connectivity index (χ0) is 14.6. The van der Waals surface area contributed by atoms with Gasteiger partial charge in [-0.15, -0.1) is 0 Å². The summed E-state index contributed by atoms with van der Waals surface area (Å²) in [6.07, 6.45) is 2.74. The minimum Gasteiger partial charge on any atom is -0.453 e. The number of hydrogen-bond acceptors (Lipinski definition) is 3. The average Bonchev–Trinajstić information content (AvgIpc) is 2.28. The number of nitrogens with zero attached hydrogens (tertiary/aromatic N) is 2. The lowest BCUT2D eigenvalue weighted by molar-refractivity contribution is -0.153. The lowest BCUT2D eigenvalue weighted by Crippen LogP contribution is -2.38. The Morgan fingerprint density at radius 2 is 1.95 bits per heavy atom. The van der Waals surface area contributed by atoms with E-state index >= 15 is 0 Å². The Morgan fingerprint density at radius 3 is 2.42 bits per heavy atom. The molecule has 3 atom stereocenters. The van der Waals surface area contributed by atoms with Crippen molar-refractivity contribution in [3.05, 3.63) is 5.53 Å². The smallest absolute Gasteiger partial charge is 0.441 e. The van der Waals surface area contributed by atoms with Crippen LogP contribution in [-0.4, -0.2) is 28.4 Å². The number of hydrogen-bond donors (Lipinski definition) is 0. The van der Waals surface area contributed by atoms with Gasteiger partial charge in [-0.25, -0.2) is 4.79 Å². The second-order valence-electron chi connectivity index (χ2n) is 5.77. The second-order valence-corrected chi connectivity index (χ2v) is 5.77. The van der Waals surface area contributed by atoms with Crippen LogP contribution < -0.4 is 0 Å². The first-order valence-corrected chi connectivity index (χ1v) is 6.80. The normalized spacial score (nSPS) is 26.7. The van der Waals surface area contributed by atoms with E-state index in [1.54, 1.807) is 0 Å². The lowest BCUT2D eigenvalue weighted by Gasteiger charge is -2.36. The SMILES string of the molecule is CC(=O)C(=[N+]=[N-])C(=O)OC1CC(C)CCC1C(C)C. The Balaban J connectivity index is 2.79. The molecule has 0 radical (unpaired) electrons. The minimum absolute atomic E-state index is 0.202. The van der Waals surface area contributed by atoms with Crippen molar-refractivity contribution >= 4 is 17.5 Å². The predicted molar refractivity (Wildman–Crippen MR) is 70.5 cm³/mol. The van der Waals surface area contributed by atoms with Crippen molar-refractivity contribution in [1.82, 2.24) is 0 Å². The third kappa shape index (κ3) is 4.00. The van der Waals surface area contributed by atoms with Gasteiger partial charge in [-0.05, 0) is 30.6 Å². The maximum atomic E-state index is 11.8. The lowest BCUT2D eigenvalue weighted by atomic mass is 9.75. The molecule has 1 rings (SSSR count). The number of Topliss-reactive ketones (excluding diaryl/α,β-unsaturated/α-hetero) is 1. The summed E-state index contributed by atoms with van der Waals surface area (Å²) in [5.41, 5.74) is 8.16. The van der Waals surface area contributed by atoms with Gasteiger partial charge in [0, 0.05) is 6.92 Å². The van der Waals surface area contributed by atoms with Gasteiger partial charge in [-0.3, -0.25) is 4.79 Å². The van der Waals surface area contributed by atoms with Crippen LogP contribution in [0.15, 0.2) is 0 Å². The van der Waals surface area contributed by atoms with E-state index in [-0.39, 0.29) is 6.10 Å². The minimum atomic E-state index is -0.820. The Morgan fingerprint density at radius 1 is 1.32 bits per heavy atom. The van der Waals surface area contributed by atoms with E-state index in [0.717, 1.165) is 19.3 Å². The Bertz CT molecular complexity index is 411. The van der Waals surface area contributed by atoms with Crippen molar-refractivity contribution < 1.29 is 19.1 Å². The second kappa shape index (κ2) is 6.62. The third-order valence-corrected chi connectivity index (χ3v) is 3.85.